The molecular formula is C12H18N2O2. The fourth-order valence-electron chi connectivity index (χ4n) is 1.99. The normalized spacial score (nSPS) is 17.9. The van der Waals surface area contributed by atoms with Gasteiger partial charge in [-0.15, -0.1) is 0 Å². The Balaban J connectivity index is 1.84. The monoisotopic (exact) mass is 222 g/mol. The lowest BCUT2D eigenvalue weighted by atomic mass is 9.75. The number of carbonyl (C=O) groups is 1. The molecule has 88 valence electrons. The summed E-state index contributed by atoms with van der Waals surface area (Å²) in [5, 5.41) is 0. The van der Waals surface area contributed by atoms with Gasteiger partial charge in [0, 0.05) is 31.1 Å². The predicted octanol–water partition coefficient (Wildman–Crippen LogP) is 1.51. The second-order valence-electron chi connectivity index (χ2n) is 4.77. The number of hydrogen-bond acceptors (Lipinski definition) is 3. The Labute approximate surface area is 95.4 Å². The predicted molar refractivity (Wildman–Crippen MR) is 60.6 cm³/mol. The number of carbonyl (C=O) groups excluding carboxylic acids is 1. The van der Waals surface area contributed by atoms with E-state index in [0.717, 1.165) is 24.8 Å². The summed E-state index contributed by atoms with van der Waals surface area (Å²) in [6.07, 6.45) is 6.82. The van der Waals surface area contributed by atoms with Gasteiger partial charge in [-0.25, -0.2) is 0 Å². The molecule has 16 heavy (non-hydrogen) atoms. The third-order valence-electron chi connectivity index (χ3n) is 3.28. The smallest absolute Gasteiger partial charge is 0.224 e. The quantitative estimate of drug-likeness (QED) is 0.840. The summed E-state index contributed by atoms with van der Waals surface area (Å²) >= 11 is 0. The van der Waals surface area contributed by atoms with E-state index in [2.05, 4.69) is 0 Å². The summed E-state index contributed by atoms with van der Waals surface area (Å²) in [5.41, 5.74) is 6.82. The Kier molecular flexibility index (Phi) is 3.01. The molecule has 0 saturated heterocycles. The minimum Gasteiger partial charge on any atom is -0.472 e. The van der Waals surface area contributed by atoms with E-state index in [1.165, 1.54) is 0 Å². The number of nitrogens with two attached hydrogens (primary N) is 1. The highest BCUT2D eigenvalue weighted by Gasteiger charge is 2.35. The molecule has 4 nitrogen and oxygen atoms in total. The van der Waals surface area contributed by atoms with Gasteiger partial charge in [-0.2, -0.15) is 0 Å². The van der Waals surface area contributed by atoms with Crippen LogP contribution < -0.4 is 5.73 Å². The Bertz CT molecular complexity index is 355. The maximum atomic E-state index is 11.9. The number of nitrogens with zero attached hydrogens (tertiary/aromatic N) is 1. The minimum atomic E-state index is -0.234. The maximum absolute atomic E-state index is 11.9. The molecule has 1 aromatic rings. The van der Waals surface area contributed by atoms with E-state index in [-0.39, 0.29) is 11.4 Å². The summed E-state index contributed by atoms with van der Waals surface area (Å²) in [4.78, 5) is 13.6. The van der Waals surface area contributed by atoms with Crippen molar-refractivity contribution in [1.29, 1.82) is 0 Å². The average Bonchev–Trinajstić information content (AvgIpc) is 2.68. The van der Waals surface area contributed by atoms with Crippen molar-refractivity contribution in [1.82, 2.24) is 4.90 Å². The first kappa shape index (κ1) is 11.2. The lowest BCUT2D eigenvalue weighted by molar-refractivity contribution is -0.132. The van der Waals surface area contributed by atoms with Gasteiger partial charge in [-0.05, 0) is 25.3 Å². The first-order chi connectivity index (χ1) is 7.59. The van der Waals surface area contributed by atoms with Crippen LogP contribution in [0.4, 0.5) is 0 Å². The molecule has 1 fully saturated rings. The van der Waals surface area contributed by atoms with Crippen molar-refractivity contribution in [3.05, 3.63) is 24.2 Å². The van der Waals surface area contributed by atoms with Crippen molar-refractivity contribution >= 4 is 5.91 Å². The topological polar surface area (TPSA) is 59.5 Å². The second kappa shape index (κ2) is 4.29. The fourth-order valence-corrected chi connectivity index (χ4v) is 1.99. The molecule has 1 aliphatic rings. The molecule has 2 rings (SSSR count). The van der Waals surface area contributed by atoms with Gasteiger partial charge in [0.25, 0.3) is 0 Å². The fraction of sp³-hybridized carbons (Fsp3) is 0.583. The summed E-state index contributed by atoms with van der Waals surface area (Å²) < 4.78 is 4.97. The summed E-state index contributed by atoms with van der Waals surface area (Å²) in [6.45, 7) is 0.589. The van der Waals surface area contributed by atoms with Gasteiger partial charge >= 0.3 is 0 Å². The van der Waals surface area contributed by atoms with Crippen LogP contribution in [0.15, 0.2) is 23.0 Å². The zero-order chi connectivity index (χ0) is 11.6. The lowest BCUT2D eigenvalue weighted by Gasteiger charge is -2.38. The number of amides is 1. The zero-order valence-corrected chi connectivity index (χ0v) is 9.61. The molecule has 0 aliphatic heterocycles. The zero-order valence-electron chi connectivity index (χ0n) is 9.61. The van der Waals surface area contributed by atoms with E-state index in [9.17, 15) is 4.79 Å². The van der Waals surface area contributed by atoms with Crippen LogP contribution in [0.3, 0.4) is 0 Å². The van der Waals surface area contributed by atoms with Gasteiger partial charge in [-0.1, -0.05) is 0 Å². The highest BCUT2D eigenvalue weighted by Crippen LogP contribution is 2.32. The molecule has 1 amide bonds. The average molecular weight is 222 g/mol. The van der Waals surface area contributed by atoms with E-state index >= 15 is 0 Å². The number of rotatable bonds is 4. The minimum absolute atomic E-state index is 0.114. The molecule has 1 aliphatic carbocycles. The Morgan fingerprint density at radius 1 is 1.62 bits per heavy atom. The van der Waals surface area contributed by atoms with Crippen LogP contribution in [0.5, 0.6) is 0 Å². The van der Waals surface area contributed by atoms with Crippen molar-refractivity contribution in [2.45, 2.75) is 37.8 Å². The standard InChI is InChI=1S/C12H18N2O2/c1-14(8-10-3-6-16-9-10)11(15)7-12(13)4-2-5-12/h3,6,9H,2,4-5,7-8,13H2,1H3. The van der Waals surface area contributed by atoms with Crippen molar-refractivity contribution < 1.29 is 9.21 Å². The summed E-state index contributed by atoms with van der Waals surface area (Å²) in [7, 11) is 1.80. The molecule has 1 saturated carbocycles. The second-order valence-corrected chi connectivity index (χ2v) is 4.77. The summed E-state index contributed by atoms with van der Waals surface area (Å²) in [6, 6.07) is 1.87. The van der Waals surface area contributed by atoms with Crippen LogP contribution >= 0.6 is 0 Å². The van der Waals surface area contributed by atoms with E-state index in [1.54, 1.807) is 24.5 Å². The first-order valence-corrected chi connectivity index (χ1v) is 5.63. The maximum Gasteiger partial charge on any atom is 0.224 e. The molecular weight excluding hydrogens is 204 g/mol. The Hall–Kier alpha value is -1.29. The molecule has 0 bridgehead atoms. The Morgan fingerprint density at radius 2 is 2.38 bits per heavy atom. The van der Waals surface area contributed by atoms with Gasteiger partial charge in [0.05, 0.1) is 12.5 Å². The van der Waals surface area contributed by atoms with Gasteiger partial charge in [0.1, 0.15) is 0 Å². The van der Waals surface area contributed by atoms with Crippen LogP contribution in [0, 0.1) is 0 Å². The van der Waals surface area contributed by atoms with Crippen molar-refractivity contribution in [2.24, 2.45) is 5.73 Å². The molecule has 0 unspecified atom stereocenters. The highest BCUT2D eigenvalue weighted by molar-refractivity contribution is 5.77. The van der Waals surface area contributed by atoms with Crippen molar-refractivity contribution in [2.75, 3.05) is 7.05 Å². The largest absolute Gasteiger partial charge is 0.472 e. The molecule has 2 N–H and O–H groups in total. The molecule has 0 aromatic carbocycles. The highest BCUT2D eigenvalue weighted by atomic mass is 16.3. The Morgan fingerprint density at radius 3 is 2.88 bits per heavy atom. The molecule has 0 radical (unpaired) electrons. The molecule has 1 aromatic heterocycles. The number of hydrogen-bond donors (Lipinski definition) is 1. The van der Waals surface area contributed by atoms with Crippen LogP contribution in [0.1, 0.15) is 31.2 Å². The van der Waals surface area contributed by atoms with E-state index in [4.69, 9.17) is 10.2 Å². The van der Waals surface area contributed by atoms with Crippen molar-refractivity contribution in [3.8, 4) is 0 Å². The van der Waals surface area contributed by atoms with Crippen LogP contribution in [0.25, 0.3) is 0 Å². The third-order valence-corrected chi connectivity index (χ3v) is 3.28. The van der Waals surface area contributed by atoms with Gasteiger partial charge < -0.3 is 15.1 Å². The summed E-state index contributed by atoms with van der Waals surface area (Å²) in [5.74, 6) is 0.114. The first-order valence-electron chi connectivity index (χ1n) is 5.63. The molecule has 0 spiro atoms. The van der Waals surface area contributed by atoms with Crippen LogP contribution in [0.2, 0.25) is 0 Å². The van der Waals surface area contributed by atoms with E-state index in [0.29, 0.717) is 13.0 Å². The van der Waals surface area contributed by atoms with Gasteiger partial charge in [0.2, 0.25) is 5.91 Å². The lowest BCUT2D eigenvalue weighted by Crippen LogP contribution is -2.50. The van der Waals surface area contributed by atoms with Crippen LogP contribution in [-0.2, 0) is 11.3 Å². The number of furan rings is 1. The van der Waals surface area contributed by atoms with Crippen LogP contribution in [-0.4, -0.2) is 23.4 Å². The molecule has 4 heteroatoms. The van der Waals surface area contributed by atoms with Crippen molar-refractivity contribution in [3.63, 3.8) is 0 Å². The SMILES string of the molecule is CN(Cc1ccoc1)C(=O)CC1(N)CCC1. The van der Waals surface area contributed by atoms with Gasteiger partial charge in [-0.3, -0.25) is 4.79 Å². The molecule has 1 heterocycles. The van der Waals surface area contributed by atoms with E-state index in [1.807, 2.05) is 6.07 Å². The van der Waals surface area contributed by atoms with Gasteiger partial charge in [0.15, 0.2) is 0 Å². The van der Waals surface area contributed by atoms with E-state index < -0.39 is 0 Å². The molecule has 0 atom stereocenters. The third kappa shape index (κ3) is 2.44.